The number of nitrogens with zero attached hydrogens (tertiary/aromatic N) is 4. The van der Waals surface area contributed by atoms with E-state index in [-0.39, 0.29) is 0 Å². The lowest BCUT2D eigenvalue weighted by Gasteiger charge is -2.37. The van der Waals surface area contributed by atoms with Crippen molar-refractivity contribution in [1.29, 1.82) is 0 Å². The molecule has 0 saturated carbocycles. The van der Waals surface area contributed by atoms with Crippen molar-refractivity contribution in [2.75, 3.05) is 13.7 Å². The monoisotopic (exact) mass is 460 g/mol. The van der Waals surface area contributed by atoms with Crippen molar-refractivity contribution in [3.8, 4) is 11.4 Å². The summed E-state index contributed by atoms with van der Waals surface area (Å²) in [5.74, 6) is 1.38. The number of hydrogen-bond donors (Lipinski definition) is 1. The van der Waals surface area contributed by atoms with Crippen molar-refractivity contribution < 1.29 is 14.7 Å². The van der Waals surface area contributed by atoms with Crippen LogP contribution in [-0.4, -0.2) is 44.6 Å². The third kappa shape index (κ3) is 4.84. The maximum atomic E-state index is 10.6. The van der Waals surface area contributed by atoms with Crippen molar-refractivity contribution >= 4 is 11.9 Å². The highest BCUT2D eigenvalue weighted by atomic mass is 16.7. The quantitative estimate of drug-likeness (QED) is 0.548. The Bertz CT molecular complexity index is 1220. The molecule has 1 atom stereocenters. The summed E-state index contributed by atoms with van der Waals surface area (Å²) in [5, 5.41) is 15.0. The normalized spacial score (nSPS) is 18.3. The van der Waals surface area contributed by atoms with Gasteiger partial charge in [0.1, 0.15) is 5.75 Å². The lowest BCUT2D eigenvalue weighted by molar-refractivity contribution is -0.109. The van der Waals surface area contributed by atoms with E-state index < -0.39 is 11.3 Å². The van der Waals surface area contributed by atoms with E-state index in [2.05, 4.69) is 29.2 Å². The number of aromatic nitrogens is 2. The second kappa shape index (κ2) is 8.99. The fourth-order valence-electron chi connectivity index (χ4n) is 4.00. The van der Waals surface area contributed by atoms with Gasteiger partial charge in [-0.1, -0.05) is 47.1 Å². The minimum atomic E-state index is -0.942. The van der Waals surface area contributed by atoms with Gasteiger partial charge in [-0.3, -0.25) is 0 Å². The molecule has 4 rings (SSSR count). The molecule has 1 aliphatic heterocycles. The standard InChI is InChI=1S/C27H32N4O3/c1-19-7-11-22(12-8-19)27(5)31(17-26(3,4)32)25(29-34-27)14-10-21-9-13-23(24(15-21)33-6)30-16-20(2)28-18-30/h7-16,18,32H,17H2,1-6H3/b14-10+. The van der Waals surface area contributed by atoms with Crippen LogP contribution in [0.1, 0.15) is 43.2 Å². The molecule has 3 aromatic rings. The minimum Gasteiger partial charge on any atom is -0.495 e. The Kier molecular flexibility index (Phi) is 6.23. The van der Waals surface area contributed by atoms with Gasteiger partial charge in [0.15, 0.2) is 5.84 Å². The first kappa shape index (κ1) is 23.6. The van der Waals surface area contributed by atoms with Gasteiger partial charge < -0.3 is 24.1 Å². The number of aliphatic hydroxyl groups is 1. The number of methoxy groups -OCH3 is 1. The summed E-state index contributed by atoms with van der Waals surface area (Å²) in [5.41, 5.74) is 3.18. The van der Waals surface area contributed by atoms with Crippen LogP contribution in [0.2, 0.25) is 0 Å². The van der Waals surface area contributed by atoms with E-state index in [9.17, 15) is 5.11 Å². The molecule has 0 saturated heterocycles. The molecule has 0 spiro atoms. The van der Waals surface area contributed by atoms with Crippen LogP contribution < -0.4 is 4.74 Å². The molecule has 1 N–H and O–H groups in total. The van der Waals surface area contributed by atoms with Gasteiger partial charge in [0.25, 0.3) is 0 Å². The zero-order valence-corrected chi connectivity index (χ0v) is 20.6. The highest BCUT2D eigenvalue weighted by molar-refractivity contribution is 5.97. The van der Waals surface area contributed by atoms with Crippen LogP contribution in [0.4, 0.5) is 0 Å². The SMILES string of the molecule is COc1cc(/C=C/C2=NOC(C)(c3ccc(C)cc3)N2CC(C)(C)O)ccc1-n1cnc(C)c1. The van der Waals surface area contributed by atoms with Crippen LogP contribution >= 0.6 is 0 Å². The van der Waals surface area contributed by atoms with Gasteiger partial charge in [0.05, 0.1) is 37.0 Å². The molecule has 34 heavy (non-hydrogen) atoms. The highest BCUT2D eigenvalue weighted by Crippen LogP contribution is 2.36. The number of imidazole rings is 1. The molecule has 0 fully saturated rings. The van der Waals surface area contributed by atoms with Gasteiger partial charge in [-0.2, -0.15) is 0 Å². The Morgan fingerprint density at radius 2 is 1.85 bits per heavy atom. The van der Waals surface area contributed by atoms with Crippen molar-refractivity contribution in [2.45, 2.75) is 45.9 Å². The number of ether oxygens (including phenoxy) is 1. The van der Waals surface area contributed by atoms with Gasteiger partial charge in [-0.15, -0.1) is 0 Å². The molecule has 1 aliphatic rings. The number of β-amino-alcohol motifs (C(OH)–C–C–N with tert-alkyl or cyclic N) is 1. The van der Waals surface area contributed by atoms with E-state index in [4.69, 9.17) is 9.57 Å². The summed E-state index contributed by atoms with van der Waals surface area (Å²) in [7, 11) is 1.66. The average molecular weight is 461 g/mol. The third-order valence-corrected chi connectivity index (χ3v) is 5.86. The van der Waals surface area contributed by atoms with Gasteiger partial charge in [0.2, 0.25) is 5.72 Å². The maximum Gasteiger partial charge on any atom is 0.234 e. The van der Waals surface area contributed by atoms with Crippen molar-refractivity contribution in [3.05, 3.63) is 83.4 Å². The molecule has 2 aromatic carbocycles. The average Bonchev–Trinajstić information content (AvgIpc) is 3.35. The number of benzene rings is 2. The molecule has 7 nitrogen and oxygen atoms in total. The first-order chi connectivity index (χ1) is 16.1. The van der Waals surface area contributed by atoms with E-state index in [0.29, 0.717) is 12.4 Å². The van der Waals surface area contributed by atoms with E-state index in [0.717, 1.165) is 28.3 Å². The van der Waals surface area contributed by atoms with Crippen molar-refractivity contribution in [2.24, 2.45) is 5.16 Å². The highest BCUT2D eigenvalue weighted by Gasteiger charge is 2.44. The summed E-state index contributed by atoms with van der Waals surface area (Å²) in [6.45, 7) is 9.89. The molecular formula is C27H32N4O3. The summed E-state index contributed by atoms with van der Waals surface area (Å²) in [4.78, 5) is 12.3. The van der Waals surface area contributed by atoms with Crippen LogP contribution in [0.3, 0.4) is 0 Å². The fourth-order valence-corrected chi connectivity index (χ4v) is 4.00. The second-order valence-electron chi connectivity index (χ2n) is 9.48. The smallest absolute Gasteiger partial charge is 0.234 e. The maximum absolute atomic E-state index is 10.6. The first-order valence-electron chi connectivity index (χ1n) is 11.3. The second-order valence-corrected chi connectivity index (χ2v) is 9.48. The zero-order chi connectivity index (χ0) is 24.5. The molecule has 2 heterocycles. The lowest BCUT2D eigenvalue weighted by Crippen LogP contribution is -2.49. The molecule has 0 bridgehead atoms. The number of hydrogen-bond acceptors (Lipinski definition) is 6. The Morgan fingerprint density at radius 3 is 2.47 bits per heavy atom. The molecule has 178 valence electrons. The van der Waals surface area contributed by atoms with Crippen LogP contribution in [0.5, 0.6) is 5.75 Å². The number of rotatable bonds is 7. The Hall–Kier alpha value is -3.58. The van der Waals surface area contributed by atoms with Crippen molar-refractivity contribution in [3.63, 3.8) is 0 Å². The van der Waals surface area contributed by atoms with Gasteiger partial charge in [0, 0.05) is 18.7 Å². The van der Waals surface area contributed by atoms with Crippen LogP contribution in [0, 0.1) is 13.8 Å². The first-order valence-corrected chi connectivity index (χ1v) is 11.3. The van der Waals surface area contributed by atoms with Gasteiger partial charge in [-0.25, -0.2) is 4.98 Å². The molecule has 0 amide bonds. The number of oxime groups is 1. The van der Waals surface area contributed by atoms with E-state index in [1.165, 1.54) is 5.56 Å². The van der Waals surface area contributed by atoms with Crippen LogP contribution in [0.15, 0.2) is 66.2 Å². The molecule has 1 aromatic heterocycles. The largest absolute Gasteiger partial charge is 0.495 e. The predicted octanol–water partition coefficient (Wildman–Crippen LogP) is 4.80. The molecule has 0 radical (unpaired) electrons. The molecular weight excluding hydrogens is 428 g/mol. The fraction of sp³-hybridized carbons (Fsp3) is 0.333. The Labute approximate surface area is 200 Å². The van der Waals surface area contributed by atoms with E-state index in [1.54, 1.807) is 27.3 Å². The minimum absolute atomic E-state index is 0.350. The number of aryl methyl sites for hydroxylation is 2. The Morgan fingerprint density at radius 1 is 1.12 bits per heavy atom. The predicted molar refractivity (Wildman–Crippen MR) is 134 cm³/mol. The van der Waals surface area contributed by atoms with Crippen LogP contribution in [-0.2, 0) is 10.6 Å². The van der Waals surface area contributed by atoms with Crippen molar-refractivity contribution in [1.82, 2.24) is 14.5 Å². The van der Waals surface area contributed by atoms with Crippen LogP contribution in [0.25, 0.3) is 11.8 Å². The van der Waals surface area contributed by atoms with Gasteiger partial charge >= 0.3 is 0 Å². The molecule has 0 aliphatic carbocycles. The number of amidine groups is 1. The molecule has 1 unspecified atom stereocenters. The summed E-state index contributed by atoms with van der Waals surface area (Å²) in [6.07, 6.45) is 7.60. The zero-order valence-electron chi connectivity index (χ0n) is 20.6. The van der Waals surface area contributed by atoms with E-state index >= 15 is 0 Å². The Balaban J connectivity index is 1.63. The topological polar surface area (TPSA) is 72.1 Å². The third-order valence-electron chi connectivity index (χ3n) is 5.86. The summed E-state index contributed by atoms with van der Waals surface area (Å²) < 4.78 is 7.57. The molecule has 7 heteroatoms. The summed E-state index contributed by atoms with van der Waals surface area (Å²) >= 11 is 0. The van der Waals surface area contributed by atoms with E-state index in [1.807, 2.05) is 72.0 Å². The summed E-state index contributed by atoms with van der Waals surface area (Å²) in [6, 6.07) is 14.2. The lowest BCUT2D eigenvalue weighted by atomic mass is 9.99. The van der Waals surface area contributed by atoms with Gasteiger partial charge in [-0.05, 0) is 51.5 Å².